The molecule has 0 saturated carbocycles. The normalized spacial score (nSPS) is 10.7. The summed E-state index contributed by atoms with van der Waals surface area (Å²) in [4.78, 5) is 0. The fourth-order valence-electron chi connectivity index (χ4n) is 2.75. The van der Waals surface area contributed by atoms with Gasteiger partial charge in [-0.25, -0.2) is 0 Å². The largest absolute Gasteiger partial charge is 0.490 e. The van der Waals surface area contributed by atoms with Crippen LogP contribution in [-0.4, -0.2) is 6.61 Å². The average molecular weight is 550 g/mol. The van der Waals surface area contributed by atoms with E-state index in [-0.39, 0.29) is 6.61 Å². The van der Waals surface area contributed by atoms with Gasteiger partial charge in [0.2, 0.25) is 0 Å². The van der Waals surface area contributed by atoms with Gasteiger partial charge in [-0.2, -0.15) is 0 Å². The zero-order valence-corrected chi connectivity index (χ0v) is 20.6. The lowest BCUT2D eigenvalue weighted by Gasteiger charge is -2.17. The molecule has 0 bridgehead atoms. The highest BCUT2D eigenvalue weighted by atomic mass is 79.9. The minimum atomic E-state index is 0.284. The van der Waals surface area contributed by atoms with Gasteiger partial charge in [-0.15, -0.1) is 0 Å². The van der Waals surface area contributed by atoms with E-state index in [1.807, 2.05) is 31.2 Å². The summed E-state index contributed by atoms with van der Waals surface area (Å²) in [5.41, 5.74) is 2.62. The average Bonchev–Trinajstić information content (AvgIpc) is 2.68. The Kier molecular flexibility index (Phi) is 8.44. The number of rotatable bonds is 8. The molecule has 0 aliphatic heterocycles. The standard InChI is InChI=1S/C22H18BrCl4NO2/c1-2-29-21-8-13(11-28-20-6-5-16(25)10-19(20)27)7-17(23)22(21)30-12-14-3-4-15(24)9-18(14)26/h3-10,28H,2,11-12H2,1H3. The fraction of sp³-hybridized carbons (Fsp3) is 0.182. The number of nitrogens with one attached hydrogen (secondary N) is 1. The van der Waals surface area contributed by atoms with Crippen LogP contribution in [0.25, 0.3) is 0 Å². The van der Waals surface area contributed by atoms with Crippen molar-refractivity contribution in [1.82, 2.24) is 0 Å². The van der Waals surface area contributed by atoms with E-state index in [1.165, 1.54) is 0 Å². The van der Waals surface area contributed by atoms with Crippen molar-refractivity contribution in [1.29, 1.82) is 0 Å². The second-order valence-corrected chi connectivity index (χ2v) is 8.88. The number of benzene rings is 3. The second-order valence-electron chi connectivity index (χ2n) is 6.34. The molecule has 0 heterocycles. The van der Waals surface area contributed by atoms with Crippen molar-refractivity contribution in [3.63, 3.8) is 0 Å². The van der Waals surface area contributed by atoms with E-state index >= 15 is 0 Å². The fourth-order valence-corrected chi connectivity index (χ4v) is 4.29. The summed E-state index contributed by atoms with van der Waals surface area (Å²) in [6, 6.07) is 14.5. The molecule has 0 saturated heterocycles. The lowest BCUT2D eigenvalue weighted by Crippen LogP contribution is -2.04. The molecule has 0 atom stereocenters. The first-order chi connectivity index (χ1) is 14.4. The zero-order valence-electron chi connectivity index (χ0n) is 15.9. The first-order valence-electron chi connectivity index (χ1n) is 9.08. The molecular formula is C22H18BrCl4NO2. The quantitative estimate of drug-likeness (QED) is 0.305. The molecule has 0 aliphatic carbocycles. The van der Waals surface area contributed by atoms with E-state index in [0.717, 1.165) is 21.3 Å². The highest BCUT2D eigenvalue weighted by Gasteiger charge is 2.14. The van der Waals surface area contributed by atoms with Crippen molar-refractivity contribution in [3.05, 3.63) is 84.2 Å². The highest BCUT2D eigenvalue weighted by Crippen LogP contribution is 2.38. The predicted octanol–water partition coefficient (Wildman–Crippen LogP) is 8.65. The van der Waals surface area contributed by atoms with E-state index in [9.17, 15) is 0 Å². The molecular weight excluding hydrogens is 532 g/mol. The third-order valence-corrected chi connectivity index (χ3v) is 5.89. The molecule has 30 heavy (non-hydrogen) atoms. The maximum atomic E-state index is 6.25. The molecule has 0 radical (unpaired) electrons. The Morgan fingerprint density at radius 1 is 0.867 bits per heavy atom. The Hall–Kier alpha value is -1.30. The molecule has 0 spiro atoms. The summed E-state index contributed by atoms with van der Waals surface area (Å²) in [6.07, 6.45) is 0. The third kappa shape index (κ3) is 6.12. The summed E-state index contributed by atoms with van der Waals surface area (Å²) in [5, 5.41) is 5.59. The molecule has 3 aromatic carbocycles. The van der Waals surface area contributed by atoms with Crippen molar-refractivity contribution in [2.75, 3.05) is 11.9 Å². The SMILES string of the molecule is CCOc1cc(CNc2ccc(Cl)cc2Cl)cc(Br)c1OCc1ccc(Cl)cc1Cl. The minimum absolute atomic E-state index is 0.284. The lowest BCUT2D eigenvalue weighted by atomic mass is 10.2. The summed E-state index contributed by atoms with van der Waals surface area (Å²) < 4.78 is 12.6. The molecule has 1 N–H and O–H groups in total. The maximum Gasteiger partial charge on any atom is 0.175 e. The topological polar surface area (TPSA) is 30.5 Å². The summed E-state index contributed by atoms with van der Waals surface area (Å²) in [5.74, 6) is 1.24. The zero-order chi connectivity index (χ0) is 21.7. The van der Waals surface area contributed by atoms with E-state index in [2.05, 4.69) is 21.2 Å². The lowest BCUT2D eigenvalue weighted by molar-refractivity contribution is 0.267. The molecule has 3 nitrogen and oxygen atoms in total. The molecule has 8 heteroatoms. The van der Waals surface area contributed by atoms with Gasteiger partial charge in [0, 0.05) is 27.2 Å². The first kappa shape index (κ1) is 23.4. The molecule has 0 fully saturated rings. The number of anilines is 1. The monoisotopic (exact) mass is 547 g/mol. The van der Waals surface area contributed by atoms with Crippen LogP contribution in [-0.2, 0) is 13.2 Å². The molecule has 3 aromatic rings. The van der Waals surface area contributed by atoms with Crippen LogP contribution in [0.4, 0.5) is 5.69 Å². The summed E-state index contributed by atoms with van der Waals surface area (Å²) >= 11 is 28.0. The van der Waals surface area contributed by atoms with E-state index < -0.39 is 0 Å². The molecule has 158 valence electrons. The second kappa shape index (κ2) is 10.8. The molecule has 0 unspecified atom stereocenters. The van der Waals surface area contributed by atoms with E-state index in [0.29, 0.717) is 44.7 Å². The van der Waals surface area contributed by atoms with Crippen LogP contribution < -0.4 is 14.8 Å². The van der Waals surface area contributed by atoms with Crippen LogP contribution in [0.15, 0.2) is 53.0 Å². The van der Waals surface area contributed by atoms with Gasteiger partial charge in [-0.3, -0.25) is 0 Å². The van der Waals surface area contributed by atoms with Crippen LogP contribution >= 0.6 is 62.3 Å². The van der Waals surface area contributed by atoms with E-state index in [1.54, 1.807) is 24.3 Å². The molecule has 0 aromatic heterocycles. The number of ether oxygens (including phenoxy) is 2. The summed E-state index contributed by atoms with van der Waals surface area (Å²) in [7, 11) is 0. The maximum absolute atomic E-state index is 6.25. The number of hydrogen-bond acceptors (Lipinski definition) is 3. The van der Waals surface area contributed by atoms with Crippen LogP contribution in [0.1, 0.15) is 18.1 Å². The number of halogens is 5. The van der Waals surface area contributed by atoms with E-state index in [4.69, 9.17) is 55.9 Å². The van der Waals surface area contributed by atoms with Crippen LogP contribution in [0.3, 0.4) is 0 Å². The van der Waals surface area contributed by atoms with Gasteiger partial charge in [0.1, 0.15) is 6.61 Å². The van der Waals surface area contributed by atoms with Gasteiger partial charge in [-0.05, 0) is 70.9 Å². The predicted molar refractivity (Wildman–Crippen MR) is 130 cm³/mol. The van der Waals surface area contributed by atoms with Crippen LogP contribution in [0, 0.1) is 0 Å². The van der Waals surface area contributed by atoms with Gasteiger partial charge >= 0.3 is 0 Å². The first-order valence-corrected chi connectivity index (χ1v) is 11.4. The molecule has 3 rings (SSSR count). The van der Waals surface area contributed by atoms with Gasteiger partial charge in [0.05, 0.1) is 21.8 Å². The van der Waals surface area contributed by atoms with Crippen molar-refractivity contribution in [2.45, 2.75) is 20.1 Å². The Balaban J connectivity index is 1.77. The van der Waals surface area contributed by atoms with Crippen molar-refractivity contribution in [3.8, 4) is 11.5 Å². The van der Waals surface area contributed by atoms with Gasteiger partial charge in [0.15, 0.2) is 11.5 Å². The Bertz CT molecular complexity index is 1050. The van der Waals surface area contributed by atoms with Gasteiger partial charge < -0.3 is 14.8 Å². The van der Waals surface area contributed by atoms with Crippen LogP contribution in [0.2, 0.25) is 20.1 Å². The highest BCUT2D eigenvalue weighted by molar-refractivity contribution is 9.10. The van der Waals surface area contributed by atoms with Crippen molar-refractivity contribution < 1.29 is 9.47 Å². The van der Waals surface area contributed by atoms with Crippen molar-refractivity contribution >= 4 is 68.0 Å². The minimum Gasteiger partial charge on any atom is -0.490 e. The number of hydrogen-bond donors (Lipinski definition) is 1. The van der Waals surface area contributed by atoms with Crippen LogP contribution in [0.5, 0.6) is 11.5 Å². The Morgan fingerprint density at radius 2 is 1.57 bits per heavy atom. The Labute approximate surface area is 204 Å². The summed E-state index contributed by atoms with van der Waals surface area (Å²) in [6.45, 7) is 3.26. The molecule has 0 aliphatic rings. The molecule has 0 amide bonds. The van der Waals surface area contributed by atoms with Crippen molar-refractivity contribution in [2.24, 2.45) is 0 Å². The van der Waals surface area contributed by atoms with Gasteiger partial charge in [0.25, 0.3) is 0 Å². The van der Waals surface area contributed by atoms with Gasteiger partial charge in [-0.1, -0.05) is 52.5 Å². The third-order valence-electron chi connectivity index (χ3n) is 4.17. The Morgan fingerprint density at radius 3 is 2.23 bits per heavy atom. The smallest absolute Gasteiger partial charge is 0.175 e.